The number of carbonyl (C=O) groups is 1. The van der Waals surface area contributed by atoms with E-state index in [1.165, 1.54) is 18.4 Å². The normalized spacial score (nSPS) is 23.7. The van der Waals surface area contributed by atoms with E-state index in [1.807, 2.05) is 20.0 Å². The molecular weight excluding hydrogens is 750 g/mol. The number of amides is 1. The highest BCUT2D eigenvalue weighted by Gasteiger charge is 2.42. The summed E-state index contributed by atoms with van der Waals surface area (Å²) in [5.41, 5.74) is 13.5. The van der Waals surface area contributed by atoms with Gasteiger partial charge in [-0.1, -0.05) is 46.2 Å². The minimum atomic E-state index is -1.32. The average Bonchev–Trinajstić information content (AvgIpc) is 4.05. The van der Waals surface area contributed by atoms with Gasteiger partial charge in [0.05, 0.1) is 59.7 Å². The number of imidazole rings is 2. The number of likely N-dealkylation sites (tertiary alicyclic amines) is 2. The summed E-state index contributed by atoms with van der Waals surface area (Å²) >= 11 is 0. The Morgan fingerprint density at radius 1 is 0.983 bits per heavy atom. The smallest absolute Gasteiger partial charge is 0.240 e. The van der Waals surface area contributed by atoms with Gasteiger partial charge in [-0.15, -0.1) is 0 Å². The lowest BCUT2D eigenvalue weighted by Crippen LogP contribution is -2.53. The number of alkyl halides is 1. The summed E-state index contributed by atoms with van der Waals surface area (Å²) in [6.07, 6.45) is 6.88. The summed E-state index contributed by atoms with van der Waals surface area (Å²) in [5, 5.41) is 14.0. The van der Waals surface area contributed by atoms with Crippen molar-refractivity contribution < 1.29 is 23.8 Å². The molecule has 7 unspecified atom stereocenters. The molecule has 0 radical (unpaired) electrons. The number of fused-ring (bicyclic) bond motifs is 5. The van der Waals surface area contributed by atoms with Crippen LogP contribution in [0.1, 0.15) is 96.2 Å². The quantitative estimate of drug-likeness (QED) is 0.0786. The predicted octanol–water partition coefficient (Wildman–Crippen LogP) is 7.05. The predicted molar refractivity (Wildman–Crippen MR) is 225 cm³/mol. The van der Waals surface area contributed by atoms with Gasteiger partial charge < -0.3 is 39.7 Å². The number of nitrogens with two attached hydrogens (primary N) is 1. The van der Waals surface area contributed by atoms with E-state index in [1.54, 1.807) is 6.20 Å². The number of carbonyl (C=O) groups excluding carboxylic acids is 1. The Bertz CT molecular complexity index is 2300. The third kappa shape index (κ3) is 7.47. The van der Waals surface area contributed by atoms with Gasteiger partial charge in [-0.05, 0) is 74.4 Å². The molecular formula is C45H58FN9O4. The Labute approximate surface area is 344 Å². The minimum Gasteiger partial charge on any atom is -0.469 e. The van der Waals surface area contributed by atoms with Gasteiger partial charge in [-0.2, -0.15) is 0 Å². The molecule has 1 aliphatic carbocycles. The number of hydrogen-bond donors (Lipinski definition) is 5. The summed E-state index contributed by atoms with van der Waals surface area (Å²) in [6, 6.07) is 14.2. The lowest BCUT2D eigenvalue weighted by molar-refractivity contribution is -0.145. The Balaban J connectivity index is 0.989. The van der Waals surface area contributed by atoms with E-state index in [0.29, 0.717) is 17.7 Å². The molecule has 1 amide bonds. The molecule has 3 fully saturated rings. The first-order chi connectivity index (χ1) is 28.5. The van der Waals surface area contributed by atoms with Gasteiger partial charge >= 0.3 is 0 Å². The summed E-state index contributed by atoms with van der Waals surface area (Å²) < 4.78 is 29.3. The van der Waals surface area contributed by atoms with E-state index in [-0.39, 0.29) is 43.1 Å². The summed E-state index contributed by atoms with van der Waals surface area (Å²) in [4.78, 5) is 34.4. The number of aromatic amines is 2. The molecule has 3 aliphatic heterocycles. The second-order valence-corrected chi connectivity index (χ2v) is 17.8. The molecule has 3 aromatic heterocycles. The van der Waals surface area contributed by atoms with E-state index in [0.717, 1.165) is 95.0 Å². The maximum absolute atomic E-state index is 15.0. The summed E-state index contributed by atoms with van der Waals surface area (Å²) in [5.74, 6) is 2.78. The van der Waals surface area contributed by atoms with Crippen LogP contribution in [-0.4, -0.2) is 96.7 Å². The van der Waals surface area contributed by atoms with Crippen LogP contribution in [0, 0.1) is 17.8 Å². The minimum absolute atomic E-state index is 0.0424. The molecule has 4 aliphatic rings. The van der Waals surface area contributed by atoms with Crippen LogP contribution in [-0.2, 0) is 9.53 Å². The van der Waals surface area contributed by atoms with Gasteiger partial charge in [0.2, 0.25) is 12.3 Å². The number of nitrogens with one attached hydrogen (secondary N) is 3. The fraction of sp³-hybridized carbons (Fsp3) is 0.533. The van der Waals surface area contributed by atoms with Gasteiger partial charge in [-0.3, -0.25) is 15.0 Å². The maximum Gasteiger partial charge on any atom is 0.240 e. The Morgan fingerprint density at radius 2 is 1.69 bits per heavy atom. The molecule has 2 aromatic carbocycles. The first-order valence-corrected chi connectivity index (χ1v) is 21.4. The summed E-state index contributed by atoms with van der Waals surface area (Å²) in [7, 11) is 1.35. The van der Waals surface area contributed by atoms with E-state index in [9.17, 15) is 14.3 Å². The monoisotopic (exact) mass is 807 g/mol. The van der Waals surface area contributed by atoms with Gasteiger partial charge in [-0.25, -0.2) is 14.4 Å². The topological polar surface area (TPSA) is 163 Å². The summed E-state index contributed by atoms with van der Waals surface area (Å²) in [6.45, 7) is 9.98. The molecule has 13 nitrogen and oxygen atoms in total. The highest BCUT2D eigenvalue weighted by atomic mass is 19.1. The van der Waals surface area contributed by atoms with Crippen LogP contribution in [0.3, 0.4) is 0 Å². The van der Waals surface area contributed by atoms with Crippen molar-refractivity contribution in [3.05, 3.63) is 66.5 Å². The van der Waals surface area contributed by atoms with Gasteiger partial charge in [0.15, 0.2) is 6.23 Å². The highest BCUT2D eigenvalue weighted by molar-refractivity contribution is 5.92. The third-order valence-electron chi connectivity index (χ3n) is 13.3. The van der Waals surface area contributed by atoms with Crippen molar-refractivity contribution in [2.75, 3.05) is 26.7 Å². The van der Waals surface area contributed by atoms with Crippen molar-refractivity contribution >= 4 is 16.8 Å². The number of aliphatic hydroxyl groups excluding tert-OH is 1. The molecule has 59 heavy (non-hydrogen) atoms. The molecule has 5 aromatic rings. The fourth-order valence-corrected chi connectivity index (χ4v) is 9.48. The molecule has 0 spiro atoms. The number of H-pyrrole nitrogens is 2. The van der Waals surface area contributed by atoms with E-state index < -0.39 is 24.7 Å². The molecule has 7 atom stereocenters. The first-order valence-electron chi connectivity index (χ1n) is 21.4. The van der Waals surface area contributed by atoms with Crippen LogP contribution in [0.4, 0.5) is 4.39 Å². The molecule has 14 heteroatoms. The zero-order valence-corrected chi connectivity index (χ0v) is 34.7. The molecule has 1 saturated carbocycles. The zero-order valence-electron chi connectivity index (χ0n) is 34.7. The van der Waals surface area contributed by atoms with Crippen LogP contribution in [0.25, 0.3) is 44.7 Å². The molecule has 6 N–H and O–H groups in total. The lowest BCUT2D eigenvalue weighted by Gasteiger charge is -2.39. The number of hydrogen-bond acceptors (Lipinski definition) is 9. The van der Waals surface area contributed by atoms with Crippen LogP contribution >= 0.6 is 0 Å². The number of ether oxygens (including phenoxy) is 2. The lowest BCUT2D eigenvalue weighted by atomic mass is 9.83. The Morgan fingerprint density at radius 3 is 2.37 bits per heavy atom. The second kappa shape index (κ2) is 16.1. The van der Waals surface area contributed by atoms with Crippen LogP contribution in [0.2, 0.25) is 0 Å². The number of aliphatic hydroxyl groups is 1. The van der Waals surface area contributed by atoms with Crippen molar-refractivity contribution in [2.24, 2.45) is 23.5 Å². The van der Waals surface area contributed by atoms with Crippen molar-refractivity contribution in [1.82, 2.24) is 39.6 Å². The molecule has 9 rings (SSSR count). The second-order valence-electron chi connectivity index (χ2n) is 17.8. The molecule has 0 bridgehead atoms. The van der Waals surface area contributed by atoms with Crippen LogP contribution in [0.15, 0.2) is 54.9 Å². The van der Waals surface area contributed by atoms with Crippen molar-refractivity contribution in [2.45, 2.75) is 109 Å². The van der Waals surface area contributed by atoms with Crippen molar-refractivity contribution in [3.63, 3.8) is 0 Å². The van der Waals surface area contributed by atoms with E-state index >= 15 is 0 Å². The van der Waals surface area contributed by atoms with Gasteiger partial charge in [0, 0.05) is 54.1 Å². The van der Waals surface area contributed by atoms with Crippen LogP contribution < -0.4 is 15.8 Å². The number of aromatic nitrogens is 5. The molecule has 314 valence electrons. The Hall–Kier alpha value is -4.60. The molecule has 6 heterocycles. The third-order valence-corrected chi connectivity index (χ3v) is 13.3. The Kier molecular flexibility index (Phi) is 10.9. The molecule has 2 saturated heterocycles. The maximum atomic E-state index is 15.0. The first kappa shape index (κ1) is 39.8. The number of nitrogens with zero attached hydrogens (tertiary/aromatic N) is 5. The number of halogens is 1. The van der Waals surface area contributed by atoms with E-state index in [2.05, 4.69) is 86.0 Å². The fourth-order valence-electron chi connectivity index (χ4n) is 9.48. The SMILES string of the molecule is COC(O)NC(C(=O)N1CC(F)CC1c1ncc(-c2ccc3c(c2)cc2n3C(C3CCC3)Oc3cc(-c4cnc(C5CCCN5CC(N)C(C)C)[nH]4)ccc3-2)[nH]1)C(C)C. The standard InChI is InChI=1S/C45H58FN9O4/c1-24(2)32(47)23-53-15-7-10-36(53)41-48-21-34(50-41)28-11-13-31-37-17-29-16-27(12-14-35(29)55(37)44(26-8-6-9-26)59-39(31)18-28)33-20-49-42(51-33)38-19-30(46)22-54(38)43(56)40(25(3)4)52-45(57)58-5/h11-14,16-18,20-21,24-26,30,32,36,38,40,44-45,52,57H,6-10,15,19,22-23,47H2,1-5H3,(H,48,50)(H,49,51). The van der Waals surface area contributed by atoms with Crippen LogP contribution in [0.5, 0.6) is 5.75 Å². The zero-order chi connectivity index (χ0) is 41.1. The van der Waals surface area contributed by atoms with Crippen molar-refractivity contribution in [1.29, 1.82) is 0 Å². The average molecular weight is 808 g/mol. The van der Waals surface area contributed by atoms with Crippen molar-refractivity contribution in [3.8, 4) is 39.5 Å². The number of rotatable bonds is 13. The number of benzene rings is 2. The largest absolute Gasteiger partial charge is 0.469 e. The van der Waals surface area contributed by atoms with Gasteiger partial charge in [0.25, 0.3) is 0 Å². The van der Waals surface area contributed by atoms with E-state index in [4.69, 9.17) is 20.2 Å². The van der Waals surface area contributed by atoms with Gasteiger partial charge in [0.1, 0.15) is 23.6 Å². The number of methoxy groups -OCH3 is 1. The highest BCUT2D eigenvalue weighted by Crippen LogP contribution is 2.49.